The Morgan fingerprint density at radius 2 is 2.06 bits per heavy atom. The number of ether oxygens (including phenoxy) is 1. The van der Waals surface area contributed by atoms with Crippen molar-refractivity contribution < 1.29 is 4.74 Å². The first-order valence-corrected chi connectivity index (χ1v) is 5.39. The number of rotatable bonds is 3. The molecule has 1 aromatic carbocycles. The zero-order chi connectivity index (χ0) is 13.0. The van der Waals surface area contributed by atoms with Gasteiger partial charge in [-0.2, -0.15) is 5.26 Å². The maximum Gasteiger partial charge on any atom is 0.166 e. The van der Waals surface area contributed by atoms with Crippen LogP contribution in [0.4, 0.5) is 5.82 Å². The zero-order valence-electron chi connectivity index (χ0n) is 10.1. The molecule has 0 saturated heterocycles. The molecule has 0 spiro atoms. The summed E-state index contributed by atoms with van der Waals surface area (Å²) in [5.41, 5.74) is 1.07. The molecule has 1 heterocycles. The third-order valence-corrected chi connectivity index (χ3v) is 2.44. The summed E-state index contributed by atoms with van der Waals surface area (Å²) in [5, 5.41) is 11.9. The SMILES string of the molecule is CNc1cc(C#N)nc(-c2ccccc2OC)n1. The number of methoxy groups -OCH3 is 1. The van der Waals surface area contributed by atoms with Gasteiger partial charge in [-0.15, -0.1) is 0 Å². The van der Waals surface area contributed by atoms with Gasteiger partial charge < -0.3 is 10.1 Å². The quantitative estimate of drug-likeness (QED) is 0.889. The Hall–Kier alpha value is -2.61. The molecule has 0 saturated carbocycles. The lowest BCUT2D eigenvalue weighted by molar-refractivity contribution is 0.416. The zero-order valence-corrected chi connectivity index (χ0v) is 10.1. The summed E-state index contributed by atoms with van der Waals surface area (Å²) >= 11 is 0. The van der Waals surface area contributed by atoms with Crippen molar-refractivity contribution in [1.82, 2.24) is 9.97 Å². The van der Waals surface area contributed by atoms with Crippen LogP contribution in [-0.4, -0.2) is 24.1 Å². The number of nitrogens with one attached hydrogen (secondary N) is 1. The lowest BCUT2D eigenvalue weighted by Gasteiger charge is -2.08. The van der Waals surface area contributed by atoms with Crippen molar-refractivity contribution >= 4 is 5.82 Å². The van der Waals surface area contributed by atoms with Gasteiger partial charge in [0, 0.05) is 13.1 Å². The summed E-state index contributed by atoms with van der Waals surface area (Å²) in [6.45, 7) is 0. The minimum absolute atomic E-state index is 0.315. The molecule has 0 atom stereocenters. The largest absolute Gasteiger partial charge is 0.496 e. The summed E-state index contributed by atoms with van der Waals surface area (Å²) in [5.74, 6) is 1.74. The van der Waals surface area contributed by atoms with Gasteiger partial charge in [0.2, 0.25) is 0 Å². The Morgan fingerprint density at radius 3 is 2.72 bits per heavy atom. The van der Waals surface area contributed by atoms with E-state index in [9.17, 15) is 0 Å². The molecule has 1 aromatic heterocycles. The second-order valence-corrected chi connectivity index (χ2v) is 3.52. The van der Waals surface area contributed by atoms with Crippen molar-refractivity contribution in [3.8, 4) is 23.2 Å². The normalized spacial score (nSPS) is 9.61. The Labute approximate surface area is 105 Å². The molecular weight excluding hydrogens is 228 g/mol. The number of hydrogen-bond donors (Lipinski definition) is 1. The van der Waals surface area contributed by atoms with Gasteiger partial charge in [0.05, 0.1) is 12.7 Å². The van der Waals surface area contributed by atoms with Crippen LogP contribution in [0.2, 0.25) is 0 Å². The lowest BCUT2D eigenvalue weighted by Crippen LogP contribution is -2.00. The topological polar surface area (TPSA) is 70.8 Å². The van der Waals surface area contributed by atoms with Crippen LogP contribution in [0.25, 0.3) is 11.4 Å². The molecule has 0 aliphatic rings. The Kier molecular flexibility index (Phi) is 3.39. The Bertz CT molecular complexity index is 604. The van der Waals surface area contributed by atoms with Crippen molar-refractivity contribution in [1.29, 1.82) is 5.26 Å². The summed E-state index contributed by atoms with van der Waals surface area (Å²) in [4.78, 5) is 8.51. The van der Waals surface area contributed by atoms with E-state index in [2.05, 4.69) is 15.3 Å². The lowest BCUT2D eigenvalue weighted by atomic mass is 10.2. The van der Waals surface area contributed by atoms with E-state index in [0.29, 0.717) is 23.1 Å². The van der Waals surface area contributed by atoms with Gasteiger partial charge in [-0.1, -0.05) is 12.1 Å². The van der Waals surface area contributed by atoms with Crippen LogP contribution in [-0.2, 0) is 0 Å². The average Bonchev–Trinajstić information content (AvgIpc) is 2.46. The second-order valence-electron chi connectivity index (χ2n) is 3.52. The van der Waals surface area contributed by atoms with Crippen LogP contribution < -0.4 is 10.1 Å². The molecule has 2 rings (SSSR count). The number of aromatic nitrogens is 2. The van der Waals surface area contributed by atoms with Crippen LogP contribution >= 0.6 is 0 Å². The van der Waals surface area contributed by atoms with E-state index in [1.807, 2.05) is 30.3 Å². The van der Waals surface area contributed by atoms with E-state index in [1.54, 1.807) is 20.2 Å². The molecule has 0 fully saturated rings. The number of benzene rings is 1. The van der Waals surface area contributed by atoms with E-state index < -0.39 is 0 Å². The van der Waals surface area contributed by atoms with E-state index >= 15 is 0 Å². The fourth-order valence-electron chi connectivity index (χ4n) is 1.58. The van der Waals surface area contributed by atoms with Gasteiger partial charge in [0.25, 0.3) is 0 Å². The highest BCUT2D eigenvalue weighted by Gasteiger charge is 2.10. The van der Waals surface area contributed by atoms with Crippen LogP contribution in [0.3, 0.4) is 0 Å². The van der Waals surface area contributed by atoms with Gasteiger partial charge >= 0.3 is 0 Å². The number of para-hydroxylation sites is 1. The predicted molar refractivity (Wildman–Crippen MR) is 68.3 cm³/mol. The van der Waals surface area contributed by atoms with E-state index in [1.165, 1.54) is 0 Å². The molecule has 0 radical (unpaired) electrons. The molecule has 0 aliphatic carbocycles. The van der Waals surface area contributed by atoms with Crippen molar-refractivity contribution in [3.63, 3.8) is 0 Å². The monoisotopic (exact) mass is 240 g/mol. The van der Waals surface area contributed by atoms with Crippen LogP contribution in [0.1, 0.15) is 5.69 Å². The van der Waals surface area contributed by atoms with Gasteiger partial charge in [0.15, 0.2) is 5.82 Å². The highest BCUT2D eigenvalue weighted by Crippen LogP contribution is 2.27. The Balaban J connectivity index is 2.60. The van der Waals surface area contributed by atoms with Crippen molar-refractivity contribution in [2.24, 2.45) is 0 Å². The molecule has 0 amide bonds. The van der Waals surface area contributed by atoms with Gasteiger partial charge in [-0.05, 0) is 12.1 Å². The first-order chi connectivity index (χ1) is 8.78. The molecular formula is C13H12N4O. The summed E-state index contributed by atoms with van der Waals surface area (Å²) < 4.78 is 5.26. The molecule has 5 heteroatoms. The maximum atomic E-state index is 8.96. The van der Waals surface area contributed by atoms with Gasteiger partial charge in [0.1, 0.15) is 23.3 Å². The summed E-state index contributed by atoms with van der Waals surface area (Å²) in [6.07, 6.45) is 0. The molecule has 90 valence electrons. The molecule has 1 N–H and O–H groups in total. The highest BCUT2D eigenvalue weighted by molar-refractivity contribution is 5.65. The summed E-state index contributed by atoms with van der Waals surface area (Å²) in [7, 11) is 3.33. The van der Waals surface area contributed by atoms with E-state index in [4.69, 9.17) is 10.00 Å². The van der Waals surface area contributed by atoms with E-state index in [-0.39, 0.29) is 0 Å². The first-order valence-electron chi connectivity index (χ1n) is 5.39. The minimum Gasteiger partial charge on any atom is -0.496 e. The van der Waals surface area contributed by atoms with Crippen molar-refractivity contribution in [2.45, 2.75) is 0 Å². The van der Waals surface area contributed by atoms with Gasteiger partial charge in [-0.25, -0.2) is 9.97 Å². The van der Waals surface area contributed by atoms with Crippen LogP contribution in [0, 0.1) is 11.3 Å². The fraction of sp³-hybridized carbons (Fsp3) is 0.154. The molecule has 18 heavy (non-hydrogen) atoms. The third-order valence-electron chi connectivity index (χ3n) is 2.44. The molecule has 0 bridgehead atoms. The second kappa shape index (κ2) is 5.15. The van der Waals surface area contributed by atoms with Crippen LogP contribution in [0.5, 0.6) is 5.75 Å². The molecule has 0 unspecified atom stereocenters. The molecule has 2 aromatic rings. The van der Waals surface area contributed by atoms with E-state index in [0.717, 1.165) is 5.56 Å². The number of hydrogen-bond acceptors (Lipinski definition) is 5. The average molecular weight is 240 g/mol. The third kappa shape index (κ3) is 2.23. The van der Waals surface area contributed by atoms with Crippen LogP contribution in [0.15, 0.2) is 30.3 Å². The smallest absolute Gasteiger partial charge is 0.166 e. The van der Waals surface area contributed by atoms with Crippen molar-refractivity contribution in [2.75, 3.05) is 19.5 Å². The standard InChI is InChI=1S/C13H12N4O/c1-15-12-7-9(8-14)16-13(17-12)10-5-3-4-6-11(10)18-2/h3-7H,1-2H3,(H,15,16,17). The van der Waals surface area contributed by atoms with Crippen molar-refractivity contribution in [3.05, 3.63) is 36.0 Å². The number of anilines is 1. The fourth-order valence-corrected chi connectivity index (χ4v) is 1.58. The Morgan fingerprint density at radius 1 is 1.28 bits per heavy atom. The predicted octanol–water partition coefficient (Wildman–Crippen LogP) is 2.07. The molecule has 5 nitrogen and oxygen atoms in total. The first kappa shape index (κ1) is 11.9. The maximum absolute atomic E-state index is 8.96. The summed E-state index contributed by atoms with van der Waals surface area (Å²) in [6, 6.07) is 11.0. The minimum atomic E-state index is 0.315. The highest BCUT2D eigenvalue weighted by atomic mass is 16.5. The van der Waals surface area contributed by atoms with Gasteiger partial charge in [-0.3, -0.25) is 0 Å². The number of nitriles is 1. The molecule has 0 aliphatic heterocycles. The number of nitrogens with zero attached hydrogens (tertiary/aromatic N) is 3.